The lowest BCUT2D eigenvalue weighted by atomic mass is 10.0. The molecule has 7 nitrogen and oxygen atoms in total. The predicted molar refractivity (Wildman–Crippen MR) is 119 cm³/mol. The van der Waals surface area contributed by atoms with Gasteiger partial charge < -0.3 is 23.8 Å². The van der Waals surface area contributed by atoms with Crippen LogP contribution in [-0.4, -0.2) is 61.5 Å². The summed E-state index contributed by atoms with van der Waals surface area (Å²) in [4.78, 5) is 17.1. The average molecular weight is 446 g/mol. The Morgan fingerprint density at radius 1 is 1.25 bits per heavy atom. The van der Waals surface area contributed by atoms with Crippen LogP contribution in [-0.2, 0) is 20.8 Å². The first-order valence-electron chi connectivity index (χ1n) is 11.5. The zero-order valence-electron chi connectivity index (χ0n) is 18.9. The minimum absolute atomic E-state index is 0.0229. The molecule has 2 aliphatic rings. The van der Waals surface area contributed by atoms with Crippen molar-refractivity contribution in [1.29, 1.82) is 0 Å². The van der Waals surface area contributed by atoms with Crippen LogP contribution in [0.3, 0.4) is 0 Å². The number of halogens is 1. The maximum atomic E-state index is 14.7. The normalized spacial score (nSPS) is 19.0. The third kappa shape index (κ3) is 5.30. The van der Waals surface area contributed by atoms with E-state index in [1.54, 1.807) is 18.2 Å². The van der Waals surface area contributed by atoms with E-state index in [9.17, 15) is 9.18 Å². The van der Waals surface area contributed by atoms with Crippen LogP contribution in [0.5, 0.6) is 0 Å². The molecule has 0 bridgehead atoms. The molecule has 174 valence electrons. The van der Waals surface area contributed by atoms with Gasteiger partial charge in [0.2, 0.25) is 11.8 Å². The molecule has 1 atom stereocenters. The van der Waals surface area contributed by atoms with Gasteiger partial charge in [-0.15, -0.1) is 0 Å². The molecule has 32 heavy (non-hydrogen) atoms. The minimum atomic E-state index is -0.366. The summed E-state index contributed by atoms with van der Waals surface area (Å²) in [5.74, 6) is 0.516. The van der Waals surface area contributed by atoms with Gasteiger partial charge in [0, 0.05) is 38.2 Å². The number of rotatable bonds is 8. The standard InChI is InChI=1S/C24H32FN3O4/c1-17(2)14-22(29)28(15-18-6-5-11-31-18)16-20-23(19-7-3-4-8-21(19)25)26-32-24(20)27-9-12-30-13-10-27/h3-4,7-8,17-18H,5-6,9-16H2,1-2H3/t18-/m1/s1. The number of carbonyl (C=O) groups is 1. The lowest BCUT2D eigenvalue weighted by Gasteiger charge is -2.29. The second-order valence-corrected chi connectivity index (χ2v) is 8.90. The fourth-order valence-electron chi connectivity index (χ4n) is 4.28. The number of amides is 1. The van der Waals surface area contributed by atoms with E-state index >= 15 is 0 Å². The summed E-state index contributed by atoms with van der Waals surface area (Å²) in [5, 5.41) is 4.26. The van der Waals surface area contributed by atoms with Crippen LogP contribution in [0.25, 0.3) is 11.3 Å². The molecule has 0 aliphatic carbocycles. The van der Waals surface area contributed by atoms with E-state index in [0.717, 1.165) is 25.0 Å². The zero-order chi connectivity index (χ0) is 22.5. The molecule has 0 saturated carbocycles. The molecule has 0 N–H and O–H groups in total. The lowest BCUT2D eigenvalue weighted by Crippen LogP contribution is -2.39. The number of ether oxygens (including phenoxy) is 2. The number of benzene rings is 1. The maximum Gasteiger partial charge on any atom is 0.233 e. The summed E-state index contributed by atoms with van der Waals surface area (Å²) in [7, 11) is 0. The van der Waals surface area contributed by atoms with Crippen LogP contribution in [0.15, 0.2) is 28.8 Å². The molecule has 2 saturated heterocycles. The first-order chi connectivity index (χ1) is 15.5. The third-order valence-electron chi connectivity index (χ3n) is 5.93. The molecule has 0 spiro atoms. The zero-order valence-corrected chi connectivity index (χ0v) is 18.9. The van der Waals surface area contributed by atoms with Crippen LogP contribution in [0.1, 0.15) is 38.7 Å². The van der Waals surface area contributed by atoms with Gasteiger partial charge in [0.25, 0.3) is 0 Å². The molecule has 2 fully saturated rings. The van der Waals surface area contributed by atoms with E-state index in [1.807, 2.05) is 18.7 Å². The summed E-state index contributed by atoms with van der Waals surface area (Å²) >= 11 is 0. The lowest BCUT2D eigenvalue weighted by molar-refractivity contribution is -0.134. The SMILES string of the molecule is CC(C)CC(=O)N(Cc1c(-c2ccccc2F)noc1N1CCOCC1)C[C@H]1CCCO1. The molecule has 0 radical (unpaired) electrons. The Morgan fingerprint density at radius 3 is 2.72 bits per heavy atom. The van der Waals surface area contributed by atoms with Gasteiger partial charge in [-0.1, -0.05) is 31.1 Å². The number of carbonyl (C=O) groups excluding carboxylic acids is 1. The summed E-state index contributed by atoms with van der Waals surface area (Å²) in [6, 6.07) is 6.53. The highest BCUT2D eigenvalue weighted by molar-refractivity contribution is 5.77. The van der Waals surface area contributed by atoms with Crippen molar-refractivity contribution < 1.29 is 23.2 Å². The molecular weight excluding hydrogens is 413 g/mol. The van der Waals surface area contributed by atoms with Crippen LogP contribution >= 0.6 is 0 Å². The molecular formula is C24H32FN3O4. The number of anilines is 1. The van der Waals surface area contributed by atoms with Crippen molar-refractivity contribution in [3.63, 3.8) is 0 Å². The highest BCUT2D eigenvalue weighted by Gasteiger charge is 2.30. The van der Waals surface area contributed by atoms with Gasteiger partial charge >= 0.3 is 0 Å². The number of morpholine rings is 1. The second-order valence-electron chi connectivity index (χ2n) is 8.90. The highest BCUT2D eigenvalue weighted by Crippen LogP contribution is 2.34. The van der Waals surface area contributed by atoms with Gasteiger partial charge in [-0.05, 0) is 30.9 Å². The van der Waals surface area contributed by atoms with E-state index in [-0.39, 0.29) is 23.7 Å². The van der Waals surface area contributed by atoms with Crippen molar-refractivity contribution in [3.05, 3.63) is 35.6 Å². The molecule has 3 heterocycles. The Hall–Kier alpha value is -2.45. The van der Waals surface area contributed by atoms with Gasteiger partial charge in [0.1, 0.15) is 11.5 Å². The van der Waals surface area contributed by atoms with E-state index in [0.29, 0.717) is 63.0 Å². The second kappa shape index (κ2) is 10.4. The van der Waals surface area contributed by atoms with Crippen LogP contribution in [0.4, 0.5) is 10.3 Å². The van der Waals surface area contributed by atoms with Crippen LogP contribution in [0, 0.1) is 11.7 Å². The molecule has 1 aromatic heterocycles. The third-order valence-corrected chi connectivity index (χ3v) is 5.93. The summed E-state index contributed by atoms with van der Waals surface area (Å²) in [6.45, 7) is 8.08. The first-order valence-corrected chi connectivity index (χ1v) is 11.5. The smallest absolute Gasteiger partial charge is 0.233 e. The van der Waals surface area contributed by atoms with Gasteiger partial charge in [0.05, 0.1) is 31.4 Å². The first kappa shape index (κ1) is 22.7. The topological polar surface area (TPSA) is 68.0 Å². The Labute approximate surface area is 188 Å². The number of nitrogens with zero attached hydrogens (tertiary/aromatic N) is 3. The molecule has 8 heteroatoms. The Morgan fingerprint density at radius 2 is 2.03 bits per heavy atom. The average Bonchev–Trinajstić information content (AvgIpc) is 3.44. The molecule has 2 aliphatic heterocycles. The summed E-state index contributed by atoms with van der Waals surface area (Å²) in [6.07, 6.45) is 2.41. The van der Waals surface area contributed by atoms with Crippen molar-refractivity contribution in [3.8, 4) is 11.3 Å². The van der Waals surface area contributed by atoms with Crippen molar-refractivity contribution in [2.75, 3.05) is 44.4 Å². The summed E-state index contributed by atoms with van der Waals surface area (Å²) in [5.41, 5.74) is 1.55. The van der Waals surface area contributed by atoms with Crippen molar-refractivity contribution >= 4 is 11.8 Å². The van der Waals surface area contributed by atoms with Gasteiger partial charge in [-0.25, -0.2) is 4.39 Å². The maximum absolute atomic E-state index is 14.7. The largest absolute Gasteiger partial charge is 0.378 e. The molecule has 0 unspecified atom stereocenters. The van der Waals surface area contributed by atoms with E-state index in [4.69, 9.17) is 14.0 Å². The molecule has 1 amide bonds. The number of hydrogen-bond donors (Lipinski definition) is 0. The fraction of sp³-hybridized carbons (Fsp3) is 0.583. The predicted octanol–water partition coefficient (Wildman–Crippen LogP) is 3.87. The monoisotopic (exact) mass is 445 g/mol. The van der Waals surface area contributed by atoms with Crippen molar-refractivity contribution in [2.45, 2.75) is 45.8 Å². The van der Waals surface area contributed by atoms with Gasteiger partial charge in [0.15, 0.2) is 0 Å². The highest BCUT2D eigenvalue weighted by atomic mass is 19.1. The van der Waals surface area contributed by atoms with E-state index in [2.05, 4.69) is 10.1 Å². The molecule has 4 rings (SSSR count). The Balaban J connectivity index is 1.69. The van der Waals surface area contributed by atoms with Crippen LogP contribution < -0.4 is 4.90 Å². The van der Waals surface area contributed by atoms with Crippen molar-refractivity contribution in [1.82, 2.24) is 10.1 Å². The number of hydrogen-bond acceptors (Lipinski definition) is 6. The van der Waals surface area contributed by atoms with Gasteiger partial charge in [-0.2, -0.15) is 0 Å². The quantitative estimate of drug-likeness (QED) is 0.615. The minimum Gasteiger partial charge on any atom is -0.378 e. The van der Waals surface area contributed by atoms with E-state index < -0.39 is 0 Å². The number of aromatic nitrogens is 1. The fourth-order valence-corrected chi connectivity index (χ4v) is 4.28. The Bertz CT molecular complexity index is 904. The Kier molecular flexibility index (Phi) is 7.42. The van der Waals surface area contributed by atoms with Gasteiger partial charge in [-0.3, -0.25) is 4.79 Å². The van der Waals surface area contributed by atoms with E-state index in [1.165, 1.54) is 6.07 Å². The molecule has 1 aromatic carbocycles. The molecule has 2 aromatic rings. The van der Waals surface area contributed by atoms with Crippen molar-refractivity contribution in [2.24, 2.45) is 5.92 Å². The summed E-state index contributed by atoms with van der Waals surface area (Å²) < 4.78 is 31.7. The van der Waals surface area contributed by atoms with Crippen LogP contribution in [0.2, 0.25) is 0 Å².